The zero-order chi connectivity index (χ0) is 39.0. The highest BCUT2D eigenvalue weighted by Crippen LogP contribution is 2.68. The molecule has 4 bridgehead atoms. The highest BCUT2D eigenvalue weighted by molar-refractivity contribution is 5.83. The van der Waals surface area contributed by atoms with Crippen LogP contribution < -0.4 is 0 Å². The molecule has 284 valence electrons. The summed E-state index contributed by atoms with van der Waals surface area (Å²) in [6.07, 6.45) is 6.96. The van der Waals surface area contributed by atoms with Gasteiger partial charge in [-0.15, -0.1) is 0 Å². The maximum Gasteiger partial charge on any atom is 0.164 e. The minimum atomic E-state index is -0.115. The van der Waals surface area contributed by atoms with Crippen molar-refractivity contribution in [3.63, 3.8) is 0 Å². The fraction of sp³-hybridized carbons (Fsp3) is 0.291. The van der Waals surface area contributed by atoms with Crippen molar-refractivity contribution in [1.29, 1.82) is 0 Å². The van der Waals surface area contributed by atoms with Crippen LogP contribution in [0.2, 0.25) is 0 Å². The van der Waals surface area contributed by atoms with Crippen LogP contribution in [0.4, 0.5) is 0 Å². The first-order valence-corrected chi connectivity index (χ1v) is 21.6. The topological polar surface area (TPSA) is 38.7 Å². The molecule has 1 aromatic heterocycles. The summed E-state index contributed by atoms with van der Waals surface area (Å²) in [5.74, 6) is 5.31. The molecule has 0 unspecified atom stereocenters. The molecule has 6 aliphatic carbocycles. The normalized spacial score (nSPS) is 24.9. The SMILES string of the molecule is CC1(C)c2ccccc2-c2ccc(-c3nc(-c4ccccc4)nc(-c4cccc(-c5ccc6c(c5)C5(c7ccccc7C6(C)C)C6CC7CC(C6)CC5C7)c4)n3)cc21. The predicted octanol–water partition coefficient (Wildman–Crippen LogP) is 13.2. The average Bonchev–Trinajstić information content (AvgIpc) is 3.48. The third-order valence-corrected chi connectivity index (χ3v) is 15.6. The minimum absolute atomic E-state index is 0.0586. The molecule has 3 nitrogen and oxygen atoms in total. The molecule has 0 saturated heterocycles. The lowest BCUT2D eigenvalue weighted by Gasteiger charge is -2.64. The van der Waals surface area contributed by atoms with E-state index in [0.717, 1.165) is 28.5 Å². The predicted molar refractivity (Wildman–Crippen MR) is 236 cm³/mol. The molecule has 4 saturated carbocycles. The summed E-state index contributed by atoms with van der Waals surface area (Å²) in [6.45, 7) is 9.56. The van der Waals surface area contributed by atoms with Gasteiger partial charge in [0.2, 0.25) is 0 Å². The summed E-state index contributed by atoms with van der Waals surface area (Å²) in [5, 5.41) is 0. The van der Waals surface area contributed by atoms with E-state index >= 15 is 0 Å². The van der Waals surface area contributed by atoms with Crippen molar-refractivity contribution in [3.8, 4) is 56.4 Å². The largest absolute Gasteiger partial charge is 0.208 e. The molecular formula is C55H49N3. The summed E-state index contributed by atoms with van der Waals surface area (Å²) in [7, 11) is 0. The van der Waals surface area contributed by atoms with Gasteiger partial charge in [0.25, 0.3) is 0 Å². The van der Waals surface area contributed by atoms with Crippen LogP contribution in [0.1, 0.15) is 93.2 Å². The molecular weight excluding hydrogens is 703 g/mol. The molecule has 1 spiro atoms. The molecule has 6 aliphatic rings. The van der Waals surface area contributed by atoms with Gasteiger partial charge in [0.1, 0.15) is 0 Å². The molecule has 13 rings (SSSR count). The van der Waals surface area contributed by atoms with Crippen molar-refractivity contribution >= 4 is 0 Å². The van der Waals surface area contributed by atoms with Gasteiger partial charge >= 0.3 is 0 Å². The quantitative estimate of drug-likeness (QED) is 0.180. The smallest absolute Gasteiger partial charge is 0.164 e. The lowest BCUT2D eigenvalue weighted by Crippen LogP contribution is -2.58. The number of fused-ring (bicyclic) bond motifs is 5. The molecule has 3 heteroatoms. The molecule has 6 aromatic carbocycles. The van der Waals surface area contributed by atoms with Crippen LogP contribution in [0.3, 0.4) is 0 Å². The van der Waals surface area contributed by atoms with Crippen LogP contribution in [-0.2, 0) is 16.2 Å². The summed E-state index contributed by atoms with van der Waals surface area (Å²) < 4.78 is 0. The Morgan fingerprint density at radius 2 is 0.845 bits per heavy atom. The van der Waals surface area contributed by atoms with E-state index in [-0.39, 0.29) is 16.2 Å². The van der Waals surface area contributed by atoms with Gasteiger partial charge in [-0.05, 0) is 130 Å². The van der Waals surface area contributed by atoms with Crippen molar-refractivity contribution < 1.29 is 0 Å². The fourth-order valence-electron chi connectivity index (χ4n) is 13.1. The summed E-state index contributed by atoms with van der Waals surface area (Å²) >= 11 is 0. The van der Waals surface area contributed by atoms with Crippen molar-refractivity contribution in [1.82, 2.24) is 15.0 Å². The Kier molecular flexibility index (Phi) is 7.22. The number of hydrogen-bond donors (Lipinski definition) is 0. The van der Waals surface area contributed by atoms with Gasteiger partial charge in [0.15, 0.2) is 17.5 Å². The lowest BCUT2D eigenvalue weighted by atomic mass is 9.39. The standard InChI is InChI=1S/C55H49N3/c1-53(2)44-18-9-8-17-42(44)43-23-21-39(32-48(43)53)52-57-50(35-13-6-5-7-14-35)56-51(58-52)38-16-12-15-36(30-38)37-22-24-46-49(31-37)55(47-20-11-10-19-45(47)54(46,3)4)40-26-33-25-34(28-40)29-41(55)27-33/h5-24,30-34,40-41H,25-29H2,1-4H3. The third kappa shape index (κ3) is 4.76. The first-order chi connectivity index (χ1) is 28.2. The highest BCUT2D eigenvalue weighted by atomic mass is 15.0. The molecule has 0 atom stereocenters. The summed E-state index contributed by atoms with van der Waals surface area (Å²) in [5.41, 5.74) is 17.0. The van der Waals surface area contributed by atoms with Gasteiger partial charge < -0.3 is 0 Å². The van der Waals surface area contributed by atoms with E-state index in [4.69, 9.17) is 15.0 Å². The van der Waals surface area contributed by atoms with Crippen molar-refractivity contribution in [2.24, 2.45) is 23.7 Å². The molecule has 1 heterocycles. The monoisotopic (exact) mass is 751 g/mol. The Morgan fingerprint density at radius 1 is 0.362 bits per heavy atom. The van der Waals surface area contributed by atoms with Crippen LogP contribution in [-0.4, -0.2) is 15.0 Å². The molecule has 58 heavy (non-hydrogen) atoms. The van der Waals surface area contributed by atoms with Gasteiger partial charge in [0.05, 0.1) is 0 Å². The number of nitrogens with zero attached hydrogens (tertiary/aromatic N) is 3. The second-order valence-electron chi connectivity index (χ2n) is 19.3. The second-order valence-corrected chi connectivity index (χ2v) is 19.3. The average molecular weight is 752 g/mol. The van der Waals surface area contributed by atoms with Crippen molar-refractivity contribution in [3.05, 3.63) is 173 Å². The molecule has 0 aliphatic heterocycles. The zero-order valence-corrected chi connectivity index (χ0v) is 34.0. The minimum Gasteiger partial charge on any atom is -0.208 e. The second kappa shape index (κ2) is 12.2. The number of aromatic nitrogens is 3. The van der Waals surface area contributed by atoms with E-state index in [9.17, 15) is 0 Å². The number of benzene rings is 6. The van der Waals surface area contributed by atoms with Crippen LogP contribution >= 0.6 is 0 Å². The fourth-order valence-corrected chi connectivity index (χ4v) is 13.1. The third-order valence-electron chi connectivity index (χ3n) is 15.6. The maximum atomic E-state index is 5.27. The maximum absolute atomic E-state index is 5.27. The lowest BCUT2D eigenvalue weighted by molar-refractivity contribution is -0.0443. The Labute approximate surface area is 342 Å². The molecule has 0 radical (unpaired) electrons. The molecule has 0 N–H and O–H groups in total. The van der Waals surface area contributed by atoms with E-state index in [1.54, 1.807) is 16.7 Å². The Hall–Kier alpha value is -5.67. The van der Waals surface area contributed by atoms with Crippen LogP contribution in [0.5, 0.6) is 0 Å². The van der Waals surface area contributed by atoms with E-state index in [1.165, 1.54) is 71.0 Å². The number of rotatable bonds is 4. The Balaban J connectivity index is 0.993. The van der Waals surface area contributed by atoms with E-state index in [0.29, 0.717) is 29.3 Å². The van der Waals surface area contributed by atoms with Crippen LogP contribution in [0.15, 0.2) is 140 Å². The summed E-state index contributed by atoms with van der Waals surface area (Å²) in [6, 6.07) is 51.9. The zero-order valence-electron chi connectivity index (χ0n) is 34.0. The first-order valence-electron chi connectivity index (χ1n) is 21.6. The Morgan fingerprint density at radius 3 is 1.57 bits per heavy atom. The first kappa shape index (κ1) is 34.4. The van der Waals surface area contributed by atoms with E-state index in [1.807, 2.05) is 6.07 Å². The highest BCUT2D eigenvalue weighted by Gasteiger charge is 2.62. The van der Waals surface area contributed by atoms with Gasteiger partial charge in [-0.25, -0.2) is 15.0 Å². The van der Waals surface area contributed by atoms with Crippen molar-refractivity contribution in [2.45, 2.75) is 76.0 Å². The Bertz CT molecular complexity index is 2780. The molecule has 4 fully saturated rings. The van der Waals surface area contributed by atoms with Crippen LogP contribution in [0.25, 0.3) is 56.4 Å². The van der Waals surface area contributed by atoms with Crippen LogP contribution in [0, 0.1) is 23.7 Å². The molecule has 7 aromatic rings. The van der Waals surface area contributed by atoms with Gasteiger partial charge in [-0.2, -0.15) is 0 Å². The van der Waals surface area contributed by atoms with E-state index in [2.05, 4.69) is 161 Å². The number of hydrogen-bond acceptors (Lipinski definition) is 3. The van der Waals surface area contributed by atoms with E-state index < -0.39 is 0 Å². The van der Waals surface area contributed by atoms with Crippen molar-refractivity contribution in [2.75, 3.05) is 0 Å². The molecule has 0 amide bonds. The van der Waals surface area contributed by atoms with Gasteiger partial charge in [0, 0.05) is 32.9 Å². The van der Waals surface area contributed by atoms with Gasteiger partial charge in [-0.1, -0.05) is 149 Å². The van der Waals surface area contributed by atoms with Gasteiger partial charge in [-0.3, -0.25) is 0 Å². The summed E-state index contributed by atoms with van der Waals surface area (Å²) in [4.78, 5) is 15.6.